The number of para-hydroxylation sites is 3. The van der Waals surface area contributed by atoms with Gasteiger partial charge in [0.25, 0.3) is 0 Å². The Bertz CT molecular complexity index is 2440. The van der Waals surface area contributed by atoms with Crippen LogP contribution in [-0.2, 0) is 10.8 Å². The normalized spacial score (nSPS) is 15.0. The molecule has 2 heteroatoms. The zero-order valence-corrected chi connectivity index (χ0v) is 29.1. The molecule has 0 bridgehead atoms. The van der Waals surface area contributed by atoms with Crippen LogP contribution in [0.1, 0.15) is 55.5 Å². The van der Waals surface area contributed by atoms with Gasteiger partial charge < -0.3 is 9.80 Å². The maximum Gasteiger partial charge on any atom is 0.0506 e. The Morgan fingerprint density at radius 3 is 1.92 bits per heavy atom. The number of hydrogen-bond donors (Lipinski definition) is 0. The highest BCUT2D eigenvalue weighted by Gasteiger charge is 2.42. The van der Waals surface area contributed by atoms with E-state index in [0.717, 1.165) is 11.4 Å². The second-order valence-electron chi connectivity index (χ2n) is 14.7. The standard InChI is InChI=1S/C48H40N2/c1-47(2)41-21-13-14-22-45(41)50(37-19-9-6-10-20-37)46-32-43-40(31-44(46)47)39-26-23-33(29-42(39)48(43,3)4)27-28-49(36-17-7-5-8-18-36)38-25-24-34-15-11-12-16-35(34)30-38/h5-32H,1-4H3/b28-27+. The van der Waals surface area contributed by atoms with Gasteiger partial charge in [0.15, 0.2) is 0 Å². The lowest BCUT2D eigenvalue weighted by atomic mass is 9.72. The zero-order valence-electron chi connectivity index (χ0n) is 29.1. The van der Waals surface area contributed by atoms with Gasteiger partial charge in [0.1, 0.15) is 0 Å². The van der Waals surface area contributed by atoms with Crippen molar-refractivity contribution >= 4 is 45.3 Å². The fraction of sp³-hybridized carbons (Fsp3) is 0.125. The van der Waals surface area contributed by atoms with Gasteiger partial charge in [-0.05, 0) is 110 Å². The molecule has 0 amide bonds. The molecule has 0 spiro atoms. The lowest BCUT2D eigenvalue weighted by molar-refractivity contribution is 0.627. The topological polar surface area (TPSA) is 6.48 Å². The van der Waals surface area contributed by atoms with Crippen LogP contribution in [0.5, 0.6) is 0 Å². The van der Waals surface area contributed by atoms with Gasteiger partial charge in [-0.3, -0.25) is 0 Å². The molecule has 1 aliphatic carbocycles. The van der Waals surface area contributed by atoms with E-state index in [1.807, 2.05) is 0 Å². The Kier molecular flexibility index (Phi) is 6.86. The molecular weight excluding hydrogens is 605 g/mol. The van der Waals surface area contributed by atoms with Gasteiger partial charge in [-0.25, -0.2) is 0 Å². The summed E-state index contributed by atoms with van der Waals surface area (Å²) in [6, 6.07) is 57.6. The van der Waals surface area contributed by atoms with E-state index in [1.54, 1.807) is 0 Å². The van der Waals surface area contributed by atoms with E-state index in [0.29, 0.717) is 0 Å². The number of benzene rings is 7. The minimum atomic E-state index is -0.162. The molecule has 1 heterocycles. The molecule has 1 aliphatic heterocycles. The molecule has 0 fully saturated rings. The first-order valence-corrected chi connectivity index (χ1v) is 17.6. The van der Waals surface area contributed by atoms with Crippen molar-refractivity contribution in [2.75, 3.05) is 9.80 Å². The van der Waals surface area contributed by atoms with Crippen LogP contribution in [0.3, 0.4) is 0 Å². The molecule has 0 aromatic heterocycles. The molecule has 0 radical (unpaired) electrons. The fourth-order valence-electron chi connectivity index (χ4n) is 8.30. The van der Waals surface area contributed by atoms with Crippen LogP contribution in [0.2, 0.25) is 0 Å². The Hall–Kier alpha value is -5.86. The summed E-state index contributed by atoms with van der Waals surface area (Å²) in [5, 5.41) is 2.48. The van der Waals surface area contributed by atoms with Crippen LogP contribution in [0.4, 0.5) is 28.4 Å². The van der Waals surface area contributed by atoms with Crippen LogP contribution in [0.25, 0.3) is 28.0 Å². The SMILES string of the molecule is CC1(C)c2cc(/C=C/N(c3ccccc3)c3ccc4ccccc4c3)ccc2-c2cc3c(cc21)N(c1ccccc1)c1ccccc1C3(C)C. The molecule has 2 nitrogen and oxygen atoms in total. The summed E-state index contributed by atoms with van der Waals surface area (Å²) >= 11 is 0. The third-order valence-corrected chi connectivity index (χ3v) is 11.0. The van der Waals surface area contributed by atoms with Crippen molar-refractivity contribution in [2.24, 2.45) is 0 Å². The van der Waals surface area contributed by atoms with E-state index in [4.69, 9.17) is 0 Å². The zero-order chi connectivity index (χ0) is 34.0. The molecule has 7 aromatic carbocycles. The van der Waals surface area contributed by atoms with Crippen LogP contribution in [0.15, 0.2) is 164 Å². The largest absolute Gasteiger partial charge is 0.317 e. The van der Waals surface area contributed by atoms with Crippen LogP contribution in [-0.4, -0.2) is 0 Å². The van der Waals surface area contributed by atoms with E-state index < -0.39 is 0 Å². The average Bonchev–Trinajstić information content (AvgIpc) is 3.37. The Labute approximate surface area is 295 Å². The Morgan fingerprint density at radius 1 is 0.460 bits per heavy atom. The van der Waals surface area contributed by atoms with E-state index >= 15 is 0 Å². The van der Waals surface area contributed by atoms with E-state index in [2.05, 4.69) is 207 Å². The number of anilines is 5. The molecule has 7 aromatic rings. The Balaban J connectivity index is 1.14. The van der Waals surface area contributed by atoms with Gasteiger partial charge in [-0.15, -0.1) is 0 Å². The summed E-state index contributed by atoms with van der Waals surface area (Å²) < 4.78 is 0. The summed E-state index contributed by atoms with van der Waals surface area (Å²) in [6.07, 6.45) is 4.47. The summed E-state index contributed by atoms with van der Waals surface area (Å²) in [4.78, 5) is 4.75. The van der Waals surface area contributed by atoms with Gasteiger partial charge in [0, 0.05) is 34.1 Å². The van der Waals surface area contributed by atoms with Crippen molar-refractivity contribution < 1.29 is 0 Å². The van der Waals surface area contributed by atoms with Gasteiger partial charge in [0.2, 0.25) is 0 Å². The summed E-state index contributed by atoms with van der Waals surface area (Å²) in [7, 11) is 0. The predicted octanol–water partition coefficient (Wildman–Crippen LogP) is 13.1. The van der Waals surface area contributed by atoms with Crippen LogP contribution >= 0.6 is 0 Å². The number of nitrogens with zero attached hydrogens (tertiary/aromatic N) is 2. The first kappa shape index (κ1) is 30.2. The highest BCUT2D eigenvalue weighted by atomic mass is 15.2. The molecular formula is C48H40N2. The third kappa shape index (κ3) is 4.70. The predicted molar refractivity (Wildman–Crippen MR) is 212 cm³/mol. The highest BCUT2D eigenvalue weighted by molar-refractivity contribution is 5.92. The van der Waals surface area contributed by atoms with Crippen molar-refractivity contribution in [3.05, 3.63) is 192 Å². The van der Waals surface area contributed by atoms with Crippen molar-refractivity contribution in [3.8, 4) is 11.1 Å². The minimum Gasteiger partial charge on any atom is -0.317 e. The molecule has 0 atom stereocenters. The van der Waals surface area contributed by atoms with Crippen molar-refractivity contribution in [1.29, 1.82) is 0 Å². The Morgan fingerprint density at radius 2 is 1.12 bits per heavy atom. The molecule has 242 valence electrons. The molecule has 2 aliphatic rings. The van der Waals surface area contributed by atoms with Gasteiger partial charge in [-0.1, -0.05) is 131 Å². The van der Waals surface area contributed by atoms with Crippen LogP contribution in [0, 0.1) is 0 Å². The summed E-state index contributed by atoms with van der Waals surface area (Å²) in [5.74, 6) is 0. The number of rotatable bonds is 5. The van der Waals surface area contributed by atoms with Gasteiger partial charge >= 0.3 is 0 Å². The molecule has 0 saturated heterocycles. The van der Waals surface area contributed by atoms with E-state index in [-0.39, 0.29) is 10.8 Å². The lowest BCUT2D eigenvalue weighted by Gasteiger charge is -2.42. The number of hydrogen-bond acceptors (Lipinski definition) is 2. The quantitative estimate of drug-likeness (QED) is 0.184. The summed E-state index contributed by atoms with van der Waals surface area (Å²) in [6.45, 7) is 9.53. The molecule has 9 rings (SSSR count). The maximum absolute atomic E-state index is 2.50. The van der Waals surface area contributed by atoms with Gasteiger partial charge in [0.05, 0.1) is 11.4 Å². The number of fused-ring (bicyclic) bond motifs is 6. The van der Waals surface area contributed by atoms with Crippen molar-refractivity contribution in [2.45, 2.75) is 38.5 Å². The molecule has 50 heavy (non-hydrogen) atoms. The van der Waals surface area contributed by atoms with Crippen LogP contribution < -0.4 is 9.80 Å². The lowest BCUT2D eigenvalue weighted by Crippen LogP contribution is -2.31. The second-order valence-corrected chi connectivity index (χ2v) is 14.7. The molecule has 0 unspecified atom stereocenters. The monoisotopic (exact) mass is 644 g/mol. The van der Waals surface area contributed by atoms with E-state index in [9.17, 15) is 0 Å². The fourth-order valence-corrected chi connectivity index (χ4v) is 8.30. The second kappa shape index (κ2) is 11.4. The first-order valence-electron chi connectivity index (χ1n) is 17.6. The molecule has 0 saturated carbocycles. The van der Waals surface area contributed by atoms with Crippen molar-refractivity contribution in [1.82, 2.24) is 0 Å². The maximum atomic E-state index is 2.50. The average molecular weight is 645 g/mol. The third-order valence-electron chi connectivity index (χ3n) is 11.0. The van der Waals surface area contributed by atoms with Crippen molar-refractivity contribution in [3.63, 3.8) is 0 Å². The summed E-state index contributed by atoms with van der Waals surface area (Å²) in [5.41, 5.74) is 15.0. The highest BCUT2D eigenvalue weighted by Crippen LogP contribution is 2.57. The van der Waals surface area contributed by atoms with Gasteiger partial charge in [-0.2, -0.15) is 0 Å². The smallest absolute Gasteiger partial charge is 0.0506 e. The molecule has 0 N–H and O–H groups in total. The first-order chi connectivity index (χ1) is 24.3. The minimum absolute atomic E-state index is 0.147. The van der Waals surface area contributed by atoms with E-state index in [1.165, 1.54) is 66.8 Å².